The number of furan rings is 1. The fourth-order valence-electron chi connectivity index (χ4n) is 1.68. The highest BCUT2D eigenvalue weighted by atomic mass is 35.5. The van der Waals surface area contributed by atoms with Crippen LogP contribution in [0, 0.1) is 0 Å². The topological polar surface area (TPSA) is 94.0 Å². The zero-order chi connectivity index (χ0) is 16.2. The molecule has 0 aliphatic carbocycles. The molecule has 3 heterocycles. The number of pyridine rings is 1. The van der Waals surface area contributed by atoms with Crippen molar-refractivity contribution in [3.05, 3.63) is 41.9 Å². The molecule has 0 fully saturated rings. The highest BCUT2D eigenvalue weighted by Crippen LogP contribution is 2.27. The van der Waals surface area contributed by atoms with E-state index in [2.05, 4.69) is 20.5 Å². The van der Waals surface area contributed by atoms with Crippen molar-refractivity contribution >= 4 is 35.0 Å². The Labute approximate surface area is 140 Å². The van der Waals surface area contributed by atoms with Gasteiger partial charge in [0.05, 0.1) is 17.2 Å². The molecule has 0 aromatic carbocycles. The normalized spacial score (nSPS) is 12.1. The van der Waals surface area contributed by atoms with E-state index < -0.39 is 5.25 Å². The Morgan fingerprint density at radius 2 is 2.22 bits per heavy atom. The van der Waals surface area contributed by atoms with Crippen molar-refractivity contribution in [2.45, 2.75) is 17.4 Å². The van der Waals surface area contributed by atoms with Crippen LogP contribution in [0.4, 0.5) is 5.69 Å². The van der Waals surface area contributed by atoms with Gasteiger partial charge in [0.15, 0.2) is 10.9 Å². The summed E-state index contributed by atoms with van der Waals surface area (Å²) >= 11 is 7.05. The van der Waals surface area contributed by atoms with Crippen molar-refractivity contribution in [1.29, 1.82) is 0 Å². The standard InChI is InChI=1S/C14H11ClN4O3S/c1-8(12(20)17-9-4-2-6-16-11(9)15)23-14-19-18-13(22-14)10-5-3-7-21-10/h2-8H,1H3,(H,17,20)/t8-/m1/s1. The maximum Gasteiger partial charge on any atom is 0.284 e. The lowest BCUT2D eigenvalue weighted by atomic mass is 10.4. The molecule has 0 aliphatic rings. The summed E-state index contributed by atoms with van der Waals surface area (Å²) in [4.78, 5) is 16.1. The molecule has 0 aliphatic heterocycles. The third kappa shape index (κ3) is 3.72. The average Bonchev–Trinajstić information content (AvgIpc) is 3.20. The van der Waals surface area contributed by atoms with Crippen molar-refractivity contribution in [3.63, 3.8) is 0 Å². The number of hydrogen-bond acceptors (Lipinski definition) is 7. The van der Waals surface area contributed by atoms with Gasteiger partial charge in [-0.3, -0.25) is 4.79 Å². The third-order valence-corrected chi connectivity index (χ3v) is 4.04. The van der Waals surface area contributed by atoms with Crippen LogP contribution in [-0.2, 0) is 4.79 Å². The van der Waals surface area contributed by atoms with Crippen molar-refractivity contribution in [2.75, 3.05) is 5.32 Å². The first kappa shape index (κ1) is 15.6. The molecule has 0 spiro atoms. The van der Waals surface area contributed by atoms with Gasteiger partial charge in [-0.2, -0.15) is 0 Å². The molecule has 7 nitrogen and oxygen atoms in total. The van der Waals surface area contributed by atoms with Gasteiger partial charge in [-0.15, -0.1) is 10.2 Å². The Kier molecular flexibility index (Phi) is 4.63. The molecule has 0 saturated heterocycles. The van der Waals surface area contributed by atoms with Crippen LogP contribution >= 0.6 is 23.4 Å². The summed E-state index contributed by atoms with van der Waals surface area (Å²) in [5.41, 5.74) is 0.452. The first-order chi connectivity index (χ1) is 11.1. The van der Waals surface area contributed by atoms with Crippen LogP contribution in [0.5, 0.6) is 0 Å². The summed E-state index contributed by atoms with van der Waals surface area (Å²) in [7, 11) is 0. The second kappa shape index (κ2) is 6.84. The molecule has 23 heavy (non-hydrogen) atoms. The van der Waals surface area contributed by atoms with Gasteiger partial charge in [-0.1, -0.05) is 23.4 Å². The number of hydrogen-bond donors (Lipinski definition) is 1. The summed E-state index contributed by atoms with van der Waals surface area (Å²) in [6.45, 7) is 1.72. The number of nitrogens with zero attached hydrogens (tertiary/aromatic N) is 3. The molecule has 3 rings (SSSR count). The SMILES string of the molecule is C[C@@H](Sc1nnc(-c2ccco2)o1)C(=O)Nc1cccnc1Cl. The highest BCUT2D eigenvalue weighted by Gasteiger charge is 2.20. The molecule has 9 heteroatoms. The molecule has 3 aromatic rings. The van der Waals surface area contributed by atoms with E-state index in [0.717, 1.165) is 11.8 Å². The number of carbonyl (C=O) groups excluding carboxylic acids is 1. The summed E-state index contributed by atoms with van der Waals surface area (Å²) in [5, 5.41) is 10.5. The quantitative estimate of drug-likeness (QED) is 0.555. The van der Waals surface area contributed by atoms with Crippen molar-refractivity contribution in [3.8, 4) is 11.7 Å². The number of thioether (sulfide) groups is 1. The van der Waals surface area contributed by atoms with Crippen LogP contribution in [0.2, 0.25) is 5.15 Å². The van der Waals surface area contributed by atoms with Crippen molar-refractivity contribution in [1.82, 2.24) is 15.2 Å². The van der Waals surface area contributed by atoms with Crippen LogP contribution in [-0.4, -0.2) is 26.3 Å². The van der Waals surface area contributed by atoms with Gasteiger partial charge < -0.3 is 14.2 Å². The molecular formula is C14H11ClN4O3S. The lowest BCUT2D eigenvalue weighted by Crippen LogP contribution is -2.22. The zero-order valence-corrected chi connectivity index (χ0v) is 13.5. The summed E-state index contributed by atoms with van der Waals surface area (Å²) in [6, 6.07) is 6.79. The van der Waals surface area contributed by atoms with E-state index in [1.165, 1.54) is 6.26 Å². The molecule has 1 amide bonds. The average molecular weight is 351 g/mol. The van der Waals surface area contributed by atoms with Crippen LogP contribution in [0.15, 0.2) is 50.8 Å². The molecule has 0 saturated carbocycles. The van der Waals surface area contributed by atoms with Gasteiger partial charge >= 0.3 is 0 Å². The van der Waals surface area contributed by atoms with E-state index >= 15 is 0 Å². The predicted octanol–water partition coefficient (Wildman–Crippen LogP) is 3.50. The van der Waals surface area contributed by atoms with E-state index in [1.807, 2.05) is 0 Å². The number of halogens is 1. The van der Waals surface area contributed by atoms with E-state index in [-0.39, 0.29) is 22.2 Å². The second-order valence-electron chi connectivity index (χ2n) is 4.44. The minimum absolute atomic E-state index is 0.232. The Morgan fingerprint density at radius 3 is 2.96 bits per heavy atom. The maximum absolute atomic E-state index is 12.2. The third-order valence-electron chi connectivity index (χ3n) is 2.80. The number of nitrogens with one attached hydrogen (secondary N) is 1. The summed E-state index contributed by atoms with van der Waals surface area (Å²) in [6.07, 6.45) is 3.06. The van der Waals surface area contributed by atoms with Gasteiger partial charge in [0.1, 0.15) is 0 Å². The smallest absolute Gasteiger partial charge is 0.284 e. The van der Waals surface area contributed by atoms with E-state index in [4.69, 9.17) is 20.4 Å². The summed E-state index contributed by atoms with van der Waals surface area (Å²) in [5.74, 6) is 0.492. The minimum Gasteiger partial charge on any atom is -0.459 e. The molecule has 1 atom stereocenters. The molecule has 0 bridgehead atoms. The monoisotopic (exact) mass is 350 g/mol. The fourth-order valence-corrected chi connectivity index (χ4v) is 2.53. The number of carbonyl (C=O) groups is 1. The molecule has 3 aromatic heterocycles. The van der Waals surface area contributed by atoms with Crippen molar-refractivity contribution in [2.24, 2.45) is 0 Å². The maximum atomic E-state index is 12.2. The Bertz CT molecular complexity index is 806. The molecular weight excluding hydrogens is 340 g/mol. The number of aromatic nitrogens is 3. The van der Waals surface area contributed by atoms with Gasteiger partial charge in [0.25, 0.3) is 11.1 Å². The molecule has 0 unspecified atom stereocenters. The zero-order valence-electron chi connectivity index (χ0n) is 11.9. The Balaban J connectivity index is 1.64. The first-order valence-corrected chi connectivity index (χ1v) is 7.84. The lowest BCUT2D eigenvalue weighted by Gasteiger charge is -2.10. The second-order valence-corrected chi connectivity index (χ2v) is 6.09. The van der Waals surface area contributed by atoms with Crippen LogP contribution < -0.4 is 5.32 Å². The van der Waals surface area contributed by atoms with Crippen LogP contribution in [0.1, 0.15) is 6.92 Å². The Hall–Kier alpha value is -2.32. The number of anilines is 1. The van der Waals surface area contributed by atoms with Gasteiger partial charge in [-0.25, -0.2) is 4.98 Å². The van der Waals surface area contributed by atoms with E-state index in [9.17, 15) is 4.79 Å². The van der Waals surface area contributed by atoms with Crippen LogP contribution in [0.3, 0.4) is 0 Å². The van der Waals surface area contributed by atoms with Gasteiger partial charge in [0.2, 0.25) is 5.91 Å². The highest BCUT2D eigenvalue weighted by molar-refractivity contribution is 8.00. The number of rotatable bonds is 5. The predicted molar refractivity (Wildman–Crippen MR) is 85.2 cm³/mol. The number of amides is 1. The van der Waals surface area contributed by atoms with Gasteiger partial charge in [-0.05, 0) is 31.2 Å². The fraction of sp³-hybridized carbons (Fsp3) is 0.143. The Morgan fingerprint density at radius 1 is 1.35 bits per heavy atom. The minimum atomic E-state index is -0.462. The van der Waals surface area contributed by atoms with E-state index in [0.29, 0.717) is 11.4 Å². The first-order valence-electron chi connectivity index (χ1n) is 6.59. The molecule has 118 valence electrons. The lowest BCUT2D eigenvalue weighted by molar-refractivity contribution is -0.115. The summed E-state index contributed by atoms with van der Waals surface area (Å²) < 4.78 is 10.6. The van der Waals surface area contributed by atoms with E-state index in [1.54, 1.807) is 37.4 Å². The molecule has 1 N–H and O–H groups in total. The largest absolute Gasteiger partial charge is 0.459 e. The van der Waals surface area contributed by atoms with Crippen molar-refractivity contribution < 1.29 is 13.6 Å². The molecule has 0 radical (unpaired) electrons. The van der Waals surface area contributed by atoms with Crippen LogP contribution in [0.25, 0.3) is 11.7 Å². The van der Waals surface area contributed by atoms with Gasteiger partial charge in [0, 0.05) is 6.20 Å².